The largest absolute Gasteiger partial charge is 0.480 e. The van der Waals surface area contributed by atoms with Crippen LogP contribution in [0.4, 0.5) is 4.39 Å². The first-order valence-corrected chi connectivity index (χ1v) is 6.20. The molecular formula is C14H15FN2O3. The molecule has 0 aliphatic carbocycles. The van der Waals surface area contributed by atoms with Crippen molar-refractivity contribution in [2.24, 2.45) is 0 Å². The summed E-state index contributed by atoms with van der Waals surface area (Å²) < 4.78 is 12.7. The Morgan fingerprint density at radius 2 is 1.95 bits per heavy atom. The number of carbonyl (C=O) groups excluding carboxylic acids is 1. The molecule has 0 fully saturated rings. The number of amides is 1. The average molecular weight is 278 g/mol. The van der Waals surface area contributed by atoms with Gasteiger partial charge in [-0.25, -0.2) is 9.18 Å². The van der Waals surface area contributed by atoms with Gasteiger partial charge in [0.05, 0.1) is 6.07 Å². The van der Waals surface area contributed by atoms with Gasteiger partial charge in [-0.15, -0.1) is 0 Å². The Morgan fingerprint density at radius 3 is 2.50 bits per heavy atom. The molecule has 0 saturated carbocycles. The first-order chi connectivity index (χ1) is 9.54. The van der Waals surface area contributed by atoms with Gasteiger partial charge >= 0.3 is 5.97 Å². The van der Waals surface area contributed by atoms with Crippen LogP contribution in [0.15, 0.2) is 24.3 Å². The zero-order valence-electron chi connectivity index (χ0n) is 10.8. The van der Waals surface area contributed by atoms with Gasteiger partial charge in [-0.3, -0.25) is 4.79 Å². The van der Waals surface area contributed by atoms with E-state index in [4.69, 9.17) is 10.4 Å². The standard InChI is InChI=1S/C14H15FN2O3/c15-11-7-5-10(6-8-11)13(18)17-12(14(19)20)4-2-1-3-9-16/h5-8,12H,1-4H2,(H,17,18)(H,19,20)/t12-/m1/s1. The Labute approximate surface area is 116 Å². The molecule has 0 heterocycles. The first kappa shape index (κ1) is 15.6. The van der Waals surface area contributed by atoms with Crippen molar-refractivity contribution in [2.75, 3.05) is 0 Å². The summed E-state index contributed by atoms with van der Waals surface area (Å²) in [4.78, 5) is 22.9. The number of hydrogen-bond acceptors (Lipinski definition) is 3. The van der Waals surface area contributed by atoms with E-state index < -0.39 is 23.7 Å². The van der Waals surface area contributed by atoms with E-state index in [-0.39, 0.29) is 12.0 Å². The maximum absolute atomic E-state index is 12.7. The fourth-order valence-electron chi connectivity index (χ4n) is 1.65. The van der Waals surface area contributed by atoms with Gasteiger partial charge in [0.1, 0.15) is 11.9 Å². The highest BCUT2D eigenvalue weighted by Crippen LogP contribution is 2.07. The van der Waals surface area contributed by atoms with Gasteiger partial charge < -0.3 is 10.4 Å². The second-order valence-electron chi connectivity index (χ2n) is 4.28. The lowest BCUT2D eigenvalue weighted by Gasteiger charge is -2.14. The van der Waals surface area contributed by atoms with E-state index in [0.29, 0.717) is 19.3 Å². The van der Waals surface area contributed by atoms with Crippen molar-refractivity contribution in [3.8, 4) is 6.07 Å². The highest BCUT2D eigenvalue weighted by molar-refractivity contribution is 5.96. The predicted octanol–water partition coefficient (Wildman–Crippen LogP) is 2.09. The smallest absolute Gasteiger partial charge is 0.326 e. The van der Waals surface area contributed by atoms with E-state index in [1.165, 1.54) is 12.1 Å². The van der Waals surface area contributed by atoms with E-state index in [1.54, 1.807) is 0 Å². The minimum atomic E-state index is -1.13. The third-order valence-corrected chi connectivity index (χ3v) is 2.74. The molecule has 1 amide bonds. The Hall–Kier alpha value is -2.42. The highest BCUT2D eigenvalue weighted by Gasteiger charge is 2.20. The third-order valence-electron chi connectivity index (χ3n) is 2.74. The number of halogens is 1. The molecule has 6 heteroatoms. The van der Waals surface area contributed by atoms with Crippen LogP contribution < -0.4 is 5.32 Å². The molecule has 0 saturated heterocycles. The minimum absolute atomic E-state index is 0.203. The Balaban J connectivity index is 2.57. The van der Waals surface area contributed by atoms with E-state index >= 15 is 0 Å². The topological polar surface area (TPSA) is 90.2 Å². The monoisotopic (exact) mass is 278 g/mol. The SMILES string of the molecule is N#CCCCC[C@@H](NC(=O)c1ccc(F)cc1)C(=O)O. The fraction of sp³-hybridized carbons (Fsp3) is 0.357. The van der Waals surface area contributed by atoms with Crippen LogP contribution in [0.1, 0.15) is 36.0 Å². The van der Waals surface area contributed by atoms with Gasteiger partial charge in [-0.05, 0) is 43.5 Å². The van der Waals surface area contributed by atoms with Crippen molar-refractivity contribution in [1.29, 1.82) is 5.26 Å². The maximum atomic E-state index is 12.7. The fourth-order valence-corrected chi connectivity index (χ4v) is 1.65. The van der Waals surface area contributed by atoms with Crippen LogP contribution in [-0.2, 0) is 4.79 Å². The molecule has 0 unspecified atom stereocenters. The summed E-state index contributed by atoms with van der Waals surface area (Å²) in [6.45, 7) is 0. The second kappa shape index (κ2) is 7.89. The van der Waals surface area contributed by atoms with Crippen molar-refractivity contribution in [2.45, 2.75) is 31.7 Å². The highest BCUT2D eigenvalue weighted by atomic mass is 19.1. The number of aliphatic carboxylic acids is 1. The van der Waals surface area contributed by atoms with Gasteiger partial charge in [-0.2, -0.15) is 5.26 Å². The number of hydrogen-bond donors (Lipinski definition) is 2. The van der Waals surface area contributed by atoms with Crippen molar-refractivity contribution in [3.63, 3.8) is 0 Å². The van der Waals surface area contributed by atoms with E-state index in [1.807, 2.05) is 6.07 Å². The number of nitrogens with zero attached hydrogens (tertiary/aromatic N) is 1. The molecule has 1 aromatic carbocycles. The van der Waals surface area contributed by atoms with Crippen molar-refractivity contribution >= 4 is 11.9 Å². The van der Waals surface area contributed by atoms with Gasteiger partial charge in [0.15, 0.2) is 0 Å². The summed E-state index contributed by atoms with van der Waals surface area (Å²) in [7, 11) is 0. The molecule has 5 nitrogen and oxygen atoms in total. The lowest BCUT2D eigenvalue weighted by molar-refractivity contribution is -0.139. The van der Waals surface area contributed by atoms with Crippen LogP contribution in [0.25, 0.3) is 0 Å². The number of carboxylic acids is 1. The molecular weight excluding hydrogens is 263 g/mol. The summed E-state index contributed by atoms with van der Waals surface area (Å²) in [6.07, 6.45) is 1.74. The Kier molecular flexibility index (Phi) is 6.17. The molecule has 1 aromatic rings. The number of benzene rings is 1. The lowest BCUT2D eigenvalue weighted by atomic mass is 10.1. The van der Waals surface area contributed by atoms with Crippen LogP contribution >= 0.6 is 0 Å². The van der Waals surface area contributed by atoms with Crippen molar-refractivity contribution in [1.82, 2.24) is 5.32 Å². The van der Waals surface area contributed by atoms with E-state index in [0.717, 1.165) is 12.1 Å². The zero-order valence-corrected chi connectivity index (χ0v) is 10.8. The molecule has 0 aromatic heterocycles. The molecule has 106 valence electrons. The van der Waals surface area contributed by atoms with E-state index in [9.17, 15) is 14.0 Å². The third kappa shape index (κ3) is 5.06. The number of unbranched alkanes of at least 4 members (excludes halogenated alkanes) is 2. The molecule has 20 heavy (non-hydrogen) atoms. The number of nitriles is 1. The molecule has 1 rings (SSSR count). The van der Waals surface area contributed by atoms with Crippen LogP contribution in [0.5, 0.6) is 0 Å². The summed E-state index contributed by atoms with van der Waals surface area (Å²) in [6, 6.07) is 5.82. The normalized spacial score (nSPS) is 11.4. The molecule has 2 N–H and O–H groups in total. The molecule has 0 bridgehead atoms. The van der Waals surface area contributed by atoms with Gasteiger partial charge in [0.25, 0.3) is 5.91 Å². The van der Waals surface area contributed by atoms with Crippen LogP contribution in [0, 0.1) is 17.1 Å². The molecule has 0 spiro atoms. The molecule has 0 radical (unpaired) electrons. The van der Waals surface area contributed by atoms with Crippen molar-refractivity contribution in [3.05, 3.63) is 35.6 Å². The number of carboxylic acid groups (broad SMARTS) is 1. The minimum Gasteiger partial charge on any atom is -0.480 e. The van der Waals surface area contributed by atoms with Crippen LogP contribution in [0.2, 0.25) is 0 Å². The number of nitrogens with one attached hydrogen (secondary N) is 1. The average Bonchev–Trinajstić information content (AvgIpc) is 2.42. The summed E-state index contributed by atoms with van der Waals surface area (Å²) in [5.41, 5.74) is 0.203. The Morgan fingerprint density at radius 1 is 1.30 bits per heavy atom. The van der Waals surface area contributed by atoms with Gasteiger partial charge in [0.2, 0.25) is 0 Å². The summed E-state index contributed by atoms with van der Waals surface area (Å²) >= 11 is 0. The number of rotatable bonds is 7. The second-order valence-corrected chi connectivity index (χ2v) is 4.28. The molecule has 1 atom stereocenters. The summed E-state index contributed by atoms with van der Waals surface area (Å²) in [5.74, 6) is -2.15. The van der Waals surface area contributed by atoms with Crippen LogP contribution in [-0.4, -0.2) is 23.0 Å². The lowest BCUT2D eigenvalue weighted by Crippen LogP contribution is -2.40. The Bertz CT molecular complexity index is 508. The summed E-state index contributed by atoms with van der Waals surface area (Å²) in [5, 5.41) is 19.8. The quantitative estimate of drug-likeness (QED) is 0.747. The van der Waals surface area contributed by atoms with Crippen molar-refractivity contribution < 1.29 is 19.1 Å². The zero-order chi connectivity index (χ0) is 15.0. The van der Waals surface area contributed by atoms with Gasteiger partial charge in [-0.1, -0.05) is 0 Å². The molecule has 0 aliphatic rings. The number of carbonyl (C=O) groups is 2. The molecule has 0 aliphatic heterocycles. The maximum Gasteiger partial charge on any atom is 0.326 e. The van der Waals surface area contributed by atoms with Crippen LogP contribution in [0.3, 0.4) is 0 Å². The first-order valence-electron chi connectivity index (χ1n) is 6.20. The predicted molar refractivity (Wildman–Crippen MR) is 69.4 cm³/mol. The van der Waals surface area contributed by atoms with Gasteiger partial charge in [0, 0.05) is 12.0 Å². The van der Waals surface area contributed by atoms with E-state index in [2.05, 4.69) is 5.32 Å².